The molecule has 0 unspecified atom stereocenters. The Kier molecular flexibility index (Phi) is 3.62. The summed E-state index contributed by atoms with van der Waals surface area (Å²) in [5.41, 5.74) is 0. The van der Waals surface area contributed by atoms with Gasteiger partial charge in [0.1, 0.15) is 6.10 Å². The molecule has 3 aliphatic rings. The highest BCUT2D eigenvalue weighted by molar-refractivity contribution is 5.69. The Morgan fingerprint density at radius 2 is 2.13 bits per heavy atom. The van der Waals surface area contributed by atoms with Gasteiger partial charge in [-0.05, 0) is 38.3 Å². The van der Waals surface area contributed by atoms with Gasteiger partial charge in [-0.15, -0.1) is 0 Å². The Morgan fingerprint density at radius 1 is 1.40 bits per heavy atom. The van der Waals surface area contributed by atoms with Crippen molar-refractivity contribution in [1.29, 1.82) is 0 Å². The number of carbonyl (C=O) groups excluding carboxylic acids is 1. The van der Waals surface area contributed by atoms with Crippen molar-refractivity contribution in [3.63, 3.8) is 0 Å². The number of rotatable bonds is 4. The normalized spacial score (nSPS) is 34.1. The highest BCUT2D eigenvalue weighted by atomic mass is 16.5. The van der Waals surface area contributed by atoms with Crippen molar-refractivity contribution >= 4 is 5.97 Å². The van der Waals surface area contributed by atoms with Crippen LogP contribution in [0, 0.1) is 5.92 Å². The summed E-state index contributed by atoms with van der Waals surface area (Å²) in [6, 6.07) is 0. The van der Waals surface area contributed by atoms with Gasteiger partial charge in [0.2, 0.25) is 0 Å². The minimum Gasteiger partial charge on any atom is -0.461 e. The average molecular weight is 211 g/mol. The van der Waals surface area contributed by atoms with Crippen molar-refractivity contribution in [2.45, 2.75) is 45.1 Å². The topological polar surface area (TPSA) is 29.5 Å². The van der Waals surface area contributed by atoms with Crippen LogP contribution < -0.4 is 0 Å². The molecule has 0 aliphatic carbocycles. The third-order valence-corrected chi connectivity index (χ3v) is 3.61. The van der Waals surface area contributed by atoms with Gasteiger partial charge in [0.05, 0.1) is 0 Å². The first-order valence-corrected chi connectivity index (χ1v) is 6.21. The zero-order valence-electron chi connectivity index (χ0n) is 9.58. The molecule has 3 aliphatic heterocycles. The Hall–Kier alpha value is -0.570. The van der Waals surface area contributed by atoms with Crippen LogP contribution in [0.25, 0.3) is 0 Å². The van der Waals surface area contributed by atoms with Crippen LogP contribution in [-0.2, 0) is 9.53 Å². The molecular weight excluding hydrogens is 190 g/mol. The van der Waals surface area contributed by atoms with Crippen LogP contribution in [0.15, 0.2) is 0 Å². The van der Waals surface area contributed by atoms with Crippen LogP contribution in [0.1, 0.15) is 39.0 Å². The van der Waals surface area contributed by atoms with E-state index < -0.39 is 0 Å². The lowest BCUT2D eigenvalue weighted by Gasteiger charge is -2.43. The smallest absolute Gasteiger partial charge is 0.306 e. The molecule has 0 N–H and O–H groups in total. The van der Waals surface area contributed by atoms with Crippen LogP contribution in [-0.4, -0.2) is 36.6 Å². The minimum atomic E-state index is 0.00981. The molecule has 0 aromatic heterocycles. The second-order valence-electron chi connectivity index (χ2n) is 4.77. The van der Waals surface area contributed by atoms with E-state index in [-0.39, 0.29) is 12.1 Å². The summed E-state index contributed by atoms with van der Waals surface area (Å²) in [6.45, 7) is 5.48. The highest BCUT2D eigenvalue weighted by Gasteiger charge is 2.36. The molecule has 1 atom stereocenters. The summed E-state index contributed by atoms with van der Waals surface area (Å²) in [5, 5.41) is 0. The highest BCUT2D eigenvalue weighted by Crippen LogP contribution is 2.29. The second-order valence-corrected chi connectivity index (χ2v) is 4.77. The Labute approximate surface area is 91.8 Å². The molecule has 0 amide bonds. The van der Waals surface area contributed by atoms with Crippen LogP contribution in [0.4, 0.5) is 0 Å². The number of nitrogens with zero attached hydrogens (tertiary/aromatic N) is 1. The zero-order chi connectivity index (χ0) is 10.7. The van der Waals surface area contributed by atoms with E-state index in [1.54, 1.807) is 0 Å². The minimum absolute atomic E-state index is 0.00981. The Morgan fingerprint density at radius 3 is 2.67 bits per heavy atom. The van der Waals surface area contributed by atoms with Gasteiger partial charge < -0.3 is 4.74 Å². The second kappa shape index (κ2) is 4.97. The molecule has 3 nitrogen and oxygen atoms in total. The third kappa shape index (κ3) is 2.71. The molecule has 3 rings (SSSR count). The van der Waals surface area contributed by atoms with E-state index in [0.29, 0.717) is 12.3 Å². The molecule has 3 fully saturated rings. The van der Waals surface area contributed by atoms with Crippen LogP contribution in [0.2, 0.25) is 0 Å². The molecule has 0 aromatic carbocycles. The molecule has 0 radical (unpaired) electrons. The first-order valence-electron chi connectivity index (χ1n) is 6.21. The maximum Gasteiger partial charge on any atom is 0.306 e. The van der Waals surface area contributed by atoms with Gasteiger partial charge in [-0.1, -0.05) is 13.3 Å². The fourth-order valence-corrected chi connectivity index (χ4v) is 2.59. The van der Waals surface area contributed by atoms with Gasteiger partial charge >= 0.3 is 5.97 Å². The first-order chi connectivity index (χ1) is 7.29. The van der Waals surface area contributed by atoms with Crippen molar-refractivity contribution in [3.05, 3.63) is 0 Å². The molecule has 2 bridgehead atoms. The van der Waals surface area contributed by atoms with Crippen molar-refractivity contribution in [2.24, 2.45) is 5.92 Å². The summed E-state index contributed by atoms with van der Waals surface area (Å²) in [4.78, 5) is 13.9. The molecule has 0 spiro atoms. The fraction of sp³-hybridized carbons (Fsp3) is 0.917. The van der Waals surface area contributed by atoms with Gasteiger partial charge in [0, 0.05) is 13.0 Å². The molecule has 0 aromatic rings. The molecule has 0 saturated carbocycles. The van der Waals surface area contributed by atoms with Crippen LogP contribution in [0.5, 0.6) is 0 Å². The van der Waals surface area contributed by atoms with E-state index in [4.69, 9.17) is 4.74 Å². The molecule has 3 saturated heterocycles. The monoisotopic (exact) mass is 211 g/mol. The van der Waals surface area contributed by atoms with Crippen molar-refractivity contribution < 1.29 is 9.53 Å². The SMILES string of the molecule is CCCCC(=O)O[C@@H]1CN2CCC1CC2. The first kappa shape index (κ1) is 10.9. The maximum absolute atomic E-state index is 11.5. The standard InChI is InChI=1S/C12H21NO2/c1-2-3-4-12(14)15-11-9-13-7-5-10(11)6-8-13/h10-11H,2-9H2,1H3/t11-/m1/s1. The number of ether oxygens (including phenoxy) is 1. The summed E-state index contributed by atoms with van der Waals surface area (Å²) >= 11 is 0. The lowest BCUT2D eigenvalue weighted by atomic mass is 9.86. The maximum atomic E-state index is 11.5. The van der Waals surface area contributed by atoms with E-state index in [0.717, 1.165) is 19.4 Å². The van der Waals surface area contributed by atoms with Crippen LogP contribution >= 0.6 is 0 Å². The number of hydrogen-bond donors (Lipinski definition) is 0. The predicted molar refractivity (Wildman–Crippen MR) is 58.6 cm³/mol. The van der Waals surface area contributed by atoms with Crippen molar-refractivity contribution in [2.75, 3.05) is 19.6 Å². The number of hydrogen-bond acceptors (Lipinski definition) is 3. The van der Waals surface area contributed by atoms with E-state index in [1.807, 2.05) is 0 Å². The van der Waals surface area contributed by atoms with Gasteiger partial charge in [-0.25, -0.2) is 0 Å². The summed E-state index contributed by atoms with van der Waals surface area (Å²) in [7, 11) is 0. The summed E-state index contributed by atoms with van der Waals surface area (Å²) in [6.07, 6.45) is 5.24. The lowest BCUT2D eigenvalue weighted by molar-refractivity contribution is -0.158. The van der Waals surface area contributed by atoms with Gasteiger partial charge in [-0.3, -0.25) is 9.69 Å². The van der Waals surface area contributed by atoms with Crippen molar-refractivity contribution in [3.8, 4) is 0 Å². The molecule has 86 valence electrons. The van der Waals surface area contributed by atoms with E-state index in [9.17, 15) is 4.79 Å². The van der Waals surface area contributed by atoms with Gasteiger partial charge in [-0.2, -0.15) is 0 Å². The van der Waals surface area contributed by atoms with E-state index in [2.05, 4.69) is 11.8 Å². The number of esters is 1. The summed E-state index contributed by atoms with van der Waals surface area (Å²) < 4.78 is 5.55. The zero-order valence-corrected chi connectivity index (χ0v) is 9.58. The molecule has 15 heavy (non-hydrogen) atoms. The van der Waals surface area contributed by atoms with E-state index in [1.165, 1.54) is 25.9 Å². The predicted octanol–water partition coefficient (Wildman–Crippen LogP) is 1.81. The van der Waals surface area contributed by atoms with Crippen LogP contribution in [0.3, 0.4) is 0 Å². The third-order valence-electron chi connectivity index (χ3n) is 3.61. The fourth-order valence-electron chi connectivity index (χ4n) is 2.59. The molecular formula is C12H21NO2. The van der Waals surface area contributed by atoms with Gasteiger partial charge in [0.25, 0.3) is 0 Å². The number of carbonyl (C=O) groups is 1. The summed E-state index contributed by atoms with van der Waals surface area (Å²) in [5.74, 6) is 0.649. The lowest BCUT2D eigenvalue weighted by Crippen LogP contribution is -2.51. The van der Waals surface area contributed by atoms with Gasteiger partial charge in [0.15, 0.2) is 0 Å². The molecule has 3 heteroatoms. The van der Waals surface area contributed by atoms with Crippen molar-refractivity contribution in [1.82, 2.24) is 4.90 Å². The van der Waals surface area contributed by atoms with E-state index >= 15 is 0 Å². The Bertz CT molecular complexity index is 222. The number of piperidine rings is 3. The average Bonchev–Trinajstić information content (AvgIpc) is 2.28. The number of fused-ring (bicyclic) bond motifs is 3. The number of unbranched alkanes of at least 4 members (excludes halogenated alkanes) is 1. The Balaban J connectivity index is 1.77. The quantitative estimate of drug-likeness (QED) is 0.664. The molecule has 3 heterocycles. The largest absolute Gasteiger partial charge is 0.461 e.